The van der Waals surface area contributed by atoms with E-state index in [4.69, 9.17) is 4.74 Å². The van der Waals surface area contributed by atoms with E-state index in [0.29, 0.717) is 11.5 Å². The second-order valence-electron chi connectivity index (χ2n) is 6.49. The Bertz CT molecular complexity index is 413. The standard InChI is InChI=1S/C17H27NO/c1-5-18-14-10-11-17(3,4)12-16(14)19-15-9-7-6-8-13(15)2/h6-9,14,16,18H,5,10-12H2,1-4H3. The molecule has 1 aliphatic carbocycles. The molecule has 0 amide bonds. The van der Waals surface area contributed by atoms with Crippen LogP contribution in [0.5, 0.6) is 5.75 Å². The molecule has 0 radical (unpaired) electrons. The fourth-order valence-corrected chi connectivity index (χ4v) is 2.99. The summed E-state index contributed by atoms with van der Waals surface area (Å²) in [6, 6.07) is 8.80. The maximum atomic E-state index is 6.32. The molecule has 2 unspecified atom stereocenters. The van der Waals surface area contributed by atoms with E-state index in [-0.39, 0.29) is 6.10 Å². The molecule has 1 aromatic rings. The molecule has 106 valence electrons. The van der Waals surface area contributed by atoms with E-state index in [9.17, 15) is 0 Å². The molecule has 1 fully saturated rings. The Morgan fingerprint density at radius 3 is 2.74 bits per heavy atom. The van der Waals surface area contributed by atoms with Gasteiger partial charge in [-0.3, -0.25) is 0 Å². The number of ether oxygens (including phenoxy) is 1. The van der Waals surface area contributed by atoms with E-state index < -0.39 is 0 Å². The Kier molecular flexibility index (Phi) is 4.51. The van der Waals surface area contributed by atoms with Crippen LogP contribution >= 0.6 is 0 Å². The third kappa shape index (κ3) is 3.73. The van der Waals surface area contributed by atoms with Gasteiger partial charge >= 0.3 is 0 Å². The third-order valence-corrected chi connectivity index (χ3v) is 4.17. The number of rotatable bonds is 4. The molecule has 0 aromatic heterocycles. The van der Waals surface area contributed by atoms with Gasteiger partial charge in [0, 0.05) is 6.04 Å². The number of hydrogen-bond donors (Lipinski definition) is 1. The number of benzene rings is 1. The lowest BCUT2D eigenvalue weighted by molar-refractivity contribution is 0.0532. The number of aryl methyl sites for hydroxylation is 1. The molecule has 1 aromatic carbocycles. The summed E-state index contributed by atoms with van der Waals surface area (Å²) >= 11 is 0. The van der Waals surface area contributed by atoms with Crippen molar-refractivity contribution in [3.05, 3.63) is 29.8 Å². The van der Waals surface area contributed by atoms with Gasteiger partial charge < -0.3 is 10.1 Å². The van der Waals surface area contributed by atoms with Crippen molar-refractivity contribution in [2.45, 2.75) is 59.1 Å². The van der Waals surface area contributed by atoms with Crippen molar-refractivity contribution in [3.8, 4) is 5.75 Å². The fraction of sp³-hybridized carbons (Fsp3) is 0.647. The predicted molar refractivity (Wildman–Crippen MR) is 80.7 cm³/mol. The molecule has 0 aliphatic heterocycles. The number of likely N-dealkylation sites (N-methyl/N-ethyl adjacent to an activating group) is 1. The molecule has 2 rings (SSSR count). The SMILES string of the molecule is CCNC1CCC(C)(C)CC1Oc1ccccc1C. The molecule has 0 saturated heterocycles. The largest absolute Gasteiger partial charge is 0.489 e. The predicted octanol–water partition coefficient (Wildman–Crippen LogP) is 3.93. The normalized spacial score (nSPS) is 26.1. The van der Waals surface area contributed by atoms with Gasteiger partial charge in [-0.25, -0.2) is 0 Å². The maximum Gasteiger partial charge on any atom is 0.122 e. The van der Waals surface area contributed by atoms with Gasteiger partial charge in [-0.1, -0.05) is 39.0 Å². The second kappa shape index (κ2) is 5.96. The van der Waals surface area contributed by atoms with Gasteiger partial charge in [-0.2, -0.15) is 0 Å². The molecule has 1 saturated carbocycles. The molecule has 0 spiro atoms. The lowest BCUT2D eigenvalue weighted by atomic mass is 9.74. The molecular formula is C17H27NO. The van der Waals surface area contributed by atoms with Crippen LogP contribution in [0, 0.1) is 12.3 Å². The molecule has 2 atom stereocenters. The van der Waals surface area contributed by atoms with Crippen molar-refractivity contribution in [1.29, 1.82) is 0 Å². The molecule has 0 bridgehead atoms. The van der Waals surface area contributed by atoms with Crippen molar-refractivity contribution in [2.75, 3.05) is 6.54 Å². The van der Waals surface area contributed by atoms with Crippen LogP contribution in [-0.4, -0.2) is 18.7 Å². The molecule has 1 aliphatic rings. The van der Waals surface area contributed by atoms with E-state index in [1.807, 2.05) is 0 Å². The molecule has 0 heterocycles. The fourth-order valence-electron chi connectivity index (χ4n) is 2.99. The molecule has 19 heavy (non-hydrogen) atoms. The van der Waals surface area contributed by atoms with Crippen LogP contribution in [0.3, 0.4) is 0 Å². The van der Waals surface area contributed by atoms with E-state index in [1.54, 1.807) is 0 Å². The lowest BCUT2D eigenvalue weighted by Gasteiger charge is -2.41. The van der Waals surface area contributed by atoms with Crippen molar-refractivity contribution in [3.63, 3.8) is 0 Å². The summed E-state index contributed by atoms with van der Waals surface area (Å²) in [7, 11) is 0. The topological polar surface area (TPSA) is 21.3 Å². The van der Waals surface area contributed by atoms with Crippen molar-refractivity contribution in [2.24, 2.45) is 5.41 Å². The molecule has 2 nitrogen and oxygen atoms in total. The average Bonchev–Trinajstić information content (AvgIpc) is 2.35. The Labute approximate surface area is 117 Å². The smallest absolute Gasteiger partial charge is 0.122 e. The third-order valence-electron chi connectivity index (χ3n) is 4.17. The monoisotopic (exact) mass is 261 g/mol. The van der Waals surface area contributed by atoms with Gasteiger partial charge in [-0.05, 0) is 49.8 Å². The first-order valence-electron chi connectivity index (χ1n) is 7.47. The number of nitrogens with one attached hydrogen (secondary N) is 1. The Hall–Kier alpha value is -1.02. The summed E-state index contributed by atoms with van der Waals surface area (Å²) < 4.78 is 6.32. The summed E-state index contributed by atoms with van der Waals surface area (Å²) in [4.78, 5) is 0. The summed E-state index contributed by atoms with van der Waals surface area (Å²) in [5, 5.41) is 3.59. The van der Waals surface area contributed by atoms with E-state index in [1.165, 1.54) is 18.4 Å². The van der Waals surface area contributed by atoms with Crippen molar-refractivity contribution in [1.82, 2.24) is 5.32 Å². The molecule has 2 heteroatoms. The Morgan fingerprint density at radius 2 is 2.05 bits per heavy atom. The summed E-state index contributed by atoms with van der Waals surface area (Å²) in [6.07, 6.45) is 3.89. The zero-order valence-corrected chi connectivity index (χ0v) is 12.7. The van der Waals surface area contributed by atoms with Crippen molar-refractivity contribution < 1.29 is 4.74 Å². The van der Waals surface area contributed by atoms with Crippen LogP contribution in [0.25, 0.3) is 0 Å². The zero-order chi connectivity index (χ0) is 13.9. The van der Waals surface area contributed by atoms with Gasteiger partial charge in [0.05, 0.1) is 0 Å². The summed E-state index contributed by atoms with van der Waals surface area (Å²) in [5.74, 6) is 1.04. The van der Waals surface area contributed by atoms with E-state index in [2.05, 4.69) is 57.3 Å². The molecule has 1 N–H and O–H groups in total. The van der Waals surface area contributed by atoms with Gasteiger partial charge in [-0.15, -0.1) is 0 Å². The zero-order valence-electron chi connectivity index (χ0n) is 12.7. The van der Waals surface area contributed by atoms with Gasteiger partial charge in [0.25, 0.3) is 0 Å². The quantitative estimate of drug-likeness (QED) is 0.886. The maximum absolute atomic E-state index is 6.32. The summed E-state index contributed by atoms with van der Waals surface area (Å²) in [5.41, 5.74) is 1.61. The minimum atomic E-state index is 0.282. The van der Waals surface area contributed by atoms with Gasteiger partial charge in [0.2, 0.25) is 0 Å². The van der Waals surface area contributed by atoms with Crippen LogP contribution in [0.1, 0.15) is 45.6 Å². The highest BCUT2D eigenvalue weighted by Gasteiger charge is 2.35. The highest BCUT2D eigenvalue weighted by molar-refractivity contribution is 5.32. The van der Waals surface area contributed by atoms with Crippen LogP contribution in [-0.2, 0) is 0 Å². The first kappa shape index (κ1) is 14.4. The first-order valence-corrected chi connectivity index (χ1v) is 7.47. The number of hydrogen-bond acceptors (Lipinski definition) is 2. The van der Waals surface area contributed by atoms with E-state index >= 15 is 0 Å². The van der Waals surface area contributed by atoms with Crippen LogP contribution < -0.4 is 10.1 Å². The van der Waals surface area contributed by atoms with Gasteiger partial charge in [0.1, 0.15) is 11.9 Å². The lowest BCUT2D eigenvalue weighted by Crippen LogP contribution is -2.49. The van der Waals surface area contributed by atoms with Crippen molar-refractivity contribution >= 4 is 0 Å². The minimum absolute atomic E-state index is 0.282. The highest BCUT2D eigenvalue weighted by Crippen LogP contribution is 2.37. The van der Waals surface area contributed by atoms with Crippen LogP contribution in [0.4, 0.5) is 0 Å². The summed E-state index contributed by atoms with van der Waals surface area (Å²) in [6.45, 7) is 10.0. The van der Waals surface area contributed by atoms with Crippen LogP contribution in [0.2, 0.25) is 0 Å². The minimum Gasteiger partial charge on any atom is -0.489 e. The molecular weight excluding hydrogens is 234 g/mol. The van der Waals surface area contributed by atoms with E-state index in [0.717, 1.165) is 18.7 Å². The second-order valence-corrected chi connectivity index (χ2v) is 6.49. The Balaban J connectivity index is 2.11. The number of para-hydroxylation sites is 1. The average molecular weight is 261 g/mol. The highest BCUT2D eigenvalue weighted by atomic mass is 16.5. The Morgan fingerprint density at radius 1 is 1.32 bits per heavy atom. The van der Waals surface area contributed by atoms with Gasteiger partial charge in [0.15, 0.2) is 0 Å². The van der Waals surface area contributed by atoms with Crippen LogP contribution in [0.15, 0.2) is 24.3 Å². The first-order chi connectivity index (χ1) is 9.02.